The fourth-order valence-corrected chi connectivity index (χ4v) is 3.07. The molecule has 5 nitrogen and oxygen atoms in total. The molecule has 0 bridgehead atoms. The molecule has 0 spiro atoms. The number of aryl methyl sites for hydroxylation is 1. The van der Waals surface area contributed by atoms with Crippen LogP contribution in [0, 0.1) is 12.7 Å². The molecule has 0 saturated carbocycles. The van der Waals surface area contributed by atoms with Gasteiger partial charge in [0, 0.05) is 31.6 Å². The second kappa shape index (κ2) is 7.09. The van der Waals surface area contributed by atoms with E-state index in [0.717, 1.165) is 5.69 Å². The van der Waals surface area contributed by atoms with Gasteiger partial charge in [-0.15, -0.1) is 0 Å². The highest BCUT2D eigenvalue weighted by Gasteiger charge is 2.26. The number of rotatable bonds is 3. The number of piperazine rings is 1. The molecular formula is C20H26FN3O2. The summed E-state index contributed by atoms with van der Waals surface area (Å²) >= 11 is 0. The van der Waals surface area contributed by atoms with E-state index in [1.165, 1.54) is 6.07 Å². The lowest BCUT2D eigenvalue weighted by Crippen LogP contribution is -2.49. The zero-order chi connectivity index (χ0) is 18.9. The zero-order valence-electron chi connectivity index (χ0n) is 15.9. The molecule has 1 aromatic carbocycles. The van der Waals surface area contributed by atoms with Gasteiger partial charge in [0.1, 0.15) is 11.6 Å². The fraction of sp³-hybridized carbons (Fsp3) is 0.500. The maximum atomic E-state index is 13.9. The molecule has 1 amide bonds. The number of halogens is 1. The van der Waals surface area contributed by atoms with E-state index in [2.05, 4.69) is 4.98 Å². The summed E-state index contributed by atoms with van der Waals surface area (Å²) in [4.78, 5) is 20.9. The van der Waals surface area contributed by atoms with E-state index in [1.54, 1.807) is 12.1 Å². The molecule has 3 rings (SSSR count). The van der Waals surface area contributed by atoms with Crippen molar-refractivity contribution < 1.29 is 13.6 Å². The topological polar surface area (TPSA) is 49.6 Å². The second-order valence-electron chi connectivity index (χ2n) is 7.77. The first-order valence-corrected chi connectivity index (χ1v) is 9.00. The van der Waals surface area contributed by atoms with Gasteiger partial charge in [0.05, 0.1) is 17.8 Å². The summed E-state index contributed by atoms with van der Waals surface area (Å²) in [5.41, 5.74) is 1.19. The van der Waals surface area contributed by atoms with Gasteiger partial charge in [-0.3, -0.25) is 4.79 Å². The number of benzene rings is 1. The number of nitrogens with zero attached hydrogens (tertiary/aromatic N) is 3. The SMILES string of the molecule is Cc1nc(C(C)(C)C)oc1CC(=O)N1CCN(c2ccccc2F)CC1. The van der Waals surface area contributed by atoms with Crippen LogP contribution in [-0.2, 0) is 16.6 Å². The van der Waals surface area contributed by atoms with E-state index in [9.17, 15) is 9.18 Å². The predicted molar refractivity (Wildman–Crippen MR) is 98.8 cm³/mol. The third kappa shape index (κ3) is 3.89. The molecule has 1 aromatic heterocycles. The molecule has 2 aromatic rings. The summed E-state index contributed by atoms with van der Waals surface area (Å²) in [6.45, 7) is 10.4. The van der Waals surface area contributed by atoms with E-state index in [4.69, 9.17) is 4.42 Å². The Labute approximate surface area is 153 Å². The van der Waals surface area contributed by atoms with Crippen molar-refractivity contribution in [1.82, 2.24) is 9.88 Å². The second-order valence-corrected chi connectivity index (χ2v) is 7.77. The molecule has 1 fully saturated rings. The van der Waals surface area contributed by atoms with E-state index >= 15 is 0 Å². The number of anilines is 1. The summed E-state index contributed by atoms with van der Waals surface area (Å²) < 4.78 is 19.7. The predicted octanol–water partition coefficient (Wildman–Crippen LogP) is 3.31. The average molecular weight is 359 g/mol. The fourth-order valence-electron chi connectivity index (χ4n) is 3.07. The minimum absolute atomic E-state index is 0.0258. The van der Waals surface area contributed by atoms with Crippen molar-refractivity contribution >= 4 is 11.6 Å². The molecule has 0 N–H and O–H groups in total. The van der Waals surface area contributed by atoms with Crippen molar-refractivity contribution in [3.05, 3.63) is 47.4 Å². The Morgan fingerprint density at radius 1 is 1.19 bits per heavy atom. The van der Waals surface area contributed by atoms with Crippen LogP contribution < -0.4 is 4.90 Å². The molecule has 1 saturated heterocycles. The Bertz CT molecular complexity index is 787. The molecule has 2 heterocycles. The molecule has 26 heavy (non-hydrogen) atoms. The third-order valence-electron chi connectivity index (χ3n) is 4.67. The van der Waals surface area contributed by atoms with E-state index in [0.29, 0.717) is 43.5 Å². The zero-order valence-corrected chi connectivity index (χ0v) is 15.9. The number of carbonyl (C=O) groups is 1. The van der Waals surface area contributed by atoms with Gasteiger partial charge >= 0.3 is 0 Å². The molecule has 140 valence electrons. The van der Waals surface area contributed by atoms with E-state index in [1.807, 2.05) is 43.6 Å². The van der Waals surface area contributed by atoms with Crippen molar-refractivity contribution in [3.63, 3.8) is 0 Å². The van der Waals surface area contributed by atoms with Gasteiger partial charge in [0.25, 0.3) is 0 Å². The monoisotopic (exact) mass is 359 g/mol. The Hall–Kier alpha value is -2.37. The summed E-state index contributed by atoms with van der Waals surface area (Å²) in [5, 5.41) is 0. The van der Waals surface area contributed by atoms with E-state index < -0.39 is 0 Å². The van der Waals surface area contributed by atoms with Crippen LogP contribution in [0.25, 0.3) is 0 Å². The molecule has 1 aliphatic rings. The molecule has 6 heteroatoms. The van der Waals surface area contributed by atoms with Crippen molar-refractivity contribution in [2.75, 3.05) is 31.1 Å². The maximum Gasteiger partial charge on any atom is 0.230 e. The minimum atomic E-state index is -0.223. The maximum absolute atomic E-state index is 13.9. The number of carbonyl (C=O) groups excluding carboxylic acids is 1. The number of hydrogen-bond acceptors (Lipinski definition) is 4. The first-order chi connectivity index (χ1) is 12.3. The molecule has 0 atom stereocenters. The van der Waals surface area contributed by atoms with Gasteiger partial charge in [0.15, 0.2) is 5.89 Å². The smallest absolute Gasteiger partial charge is 0.230 e. The number of oxazole rings is 1. The first kappa shape index (κ1) is 18.4. The number of hydrogen-bond donors (Lipinski definition) is 0. The van der Waals surface area contributed by atoms with E-state index in [-0.39, 0.29) is 23.6 Å². The Morgan fingerprint density at radius 3 is 2.42 bits per heavy atom. The van der Waals surface area contributed by atoms with Crippen LogP contribution in [-0.4, -0.2) is 42.0 Å². The van der Waals surface area contributed by atoms with Gasteiger partial charge in [-0.05, 0) is 19.1 Å². The summed E-state index contributed by atoms with van der Waals surface area (Å²) in [6, 6.07) is 6.75. The Kier molecular flexibility index (Phi) is 5.03. The summed E-state index contributed by atoms with van der Waals surface area (Å²) in [7, 11) is 0. The van der Waals surface area contributed by atoms with Crippen LogP contribution >= 0.6 is 0 Å². The van der Waals surface area contributed by atoms with Gasteiger partial charge in [-0.25, -0.2) is 9.37 Å². The Morgan fingerprint density at radius 2 is 1.85 bits per heavy atom. The standard InChI is InChI=1S/C20H26FN3O2/c1-14-17(26-19(22-14)20(2,3)4)13-18(25)24-11-9-23(10-12-24)16-8-6-5-7-15(16)21/h5-8H,9-13H2,1-4H3. The normalized spacial score (nSPS) is 15.4. The molecule has 0 unspecified atom stereocenters. The summed E-state index contributed by atoms with van der Waals surface area (Å²) in [5.74, 6) is 1.09. The lowest BCUT2D eigenvalue weighted by Gasteiger charge is -2.36. The molecule has 1 aliphatic heterocycles. The van der Waals surface area contributed by atoms with Crippen molar-refractivity contribution in [3.8, 4) is 0 Å². The van der Waals surface area contributed by atoms with Crippen LogP contribution in [0.2, 0.25) is 0 Å². The molecule has 0 radical (unpaired) electrons. The van der Waals surface area contributed by atoms with Crippen LogP contribution in [0.1, 0.15) is 38.1 Å². The first-order valence-electron chi connectivity index (χ1n) is 9.00. The van der Waals surface area contributed by atoms with Gasteiger partial charge < -0.3 is 14.2 Å². The van der Waals surface area contributed by atoms with Crippen LogP contribution in [0.4, 0.5) is 10.1 Å². The summed E-state index contributed by atoms with van der Waals surface area (Å²) in [6.07, 6.45) is 0.217. The highest BCUT2D eigenvalue weighted by atomic mass is 19.1. The van der Waals surface area contributed by atoms with Gasteiger partial charge in [-0.1, -0.05) is 32.9 Å². The minimum Gasteiger partial charge on any atom is -0.444 e. The van der Waals surface area contributed by atoms with Gasteiger partial charge in [0.2, 0.25) is 5.91 Å². The van der Waals surface area contributed by atoms with Crippen molar-refractivity contribution in [2.45, 2.75) is 39.5 Å². The van der Waals surface area contributed by atoms with Gasteiger partial charge in [-0.2, -0.15) is 0 Å². The van der Waals surface area contributed by atoms with Crippen molar-refractivity contribution in [2.24, 2.45) is 0 Å². The molecule has 0 aliphatic carbocycles. The Balaban J connectivity index is 1.61. The van der Waals surface area contributed by atoms with Crippen LogP contribution in [0.15, 0.2) is 28.7 Å². The number of aromatic nitrogens is 1. The van der Waals surface area contributed by atoms with Crippen LogP contribution in [0.5, 0.6) is 0 Å². The number of para-hydroxylation sites is 1. The largest absolute Gasteiger partial charge is 0.444 e. The third-order valence-corrected chi connectivity index (χ3v) is 4.67. The number of amides is 1. The quantitative estimate of drug-likeness (QED) is 0.844. The van der Waals surface area contributed by atoms with Crippen LogP contribution in [0.3, 0.4) is 0 Å². The average Bonchev–Trinajstić information content (AvgIpc) is 2.96. The highest BCUT2D eigenvalue weighted by Crippen LogP contribution is 2.25. The van der Waals surface area contributed by atoms with Crippen molar-refractivity contribution in [1.29, 1.82) is 0 Å². The molecular weight excluding hydrogens is 333 g/mol. The lowest BCUT2D eigenvalue weighted by atomic mass is 9.97. The lowest BCUT2D eigenvalue weighted by molar-refractivity contribution is -0.131. The highest BCUT2D eigenvalue weighted by molar-refractivity contribution is 5.78.